The number of fused-ring (bicyclic) bond motifs is 8. The summed E-state index contributed by atoms with van der Waals surface area (Å²) in [5.41, 5.74) is 7.65. The molecule has 8 atom stereocenters. The third kappa shape index (κ3) is 2.94. The molecule has 202 valence electrons. The molecule has 3 saturated carbocycles. The number of ether oxygens (including phenoxy) is 1. The Hall–Kier alpha value is -1.95. The normalized spacial score (nSPS) is 47.9. The summed E-state index contributed by atoms with van der Waals surface area (Å²) in [5, 5.41) is 4.11. The van der Waals surface area contributed by atoms with Crippen molar-refractivity contribution in [2.45, 2.75) is 98.4 Å². The van der Waals surface area contributed by atoms with Crippen molar-refractivity contribution in [1.82, 2.24) is 5.16 Å². The topological polar surface area (TPSA) is 95.4 Å². The van der Waals surface area contributed by atoms with Gasteiger partial charge in [-0.05, 0) is 97.9 Å². The van der Waals surface area contributed by atoms with Crippen LogP contribution in [0.25, 0.3) is 0 Å². The molecule has 6 rings (SSSR count). The number of nitrogens with zero attached hydrogens (tertiary/aromatic N) is 1. The van der Waals surface area contributed by atoms with E-state index in [4.69, 9.17) is 15.0 Å². The Balaban J connectivity index is 1.51. The van der Waals surface area contributed by atoms with Crippen LogP contribution in [0.3, 0.4) is 0 Å². The zero-order valence-corrected chi connectivity index (χ0v) is 23.7. The number of hydrogen-bond donors (Lipinski definition) is 1. The van der Waals surface area contributed by atoms with Gasteiger partial charge in [-0.2, -0.15) is 0 Å². The van der Waals surface area contributed by atoms with E-state index in [-0.39, 0.29) is 51.2 Å². The number of esters is 1. The first-order valence-corrected chi connectivity index (χ1v) is 14.2. The number of allylic oxidation sites excluding steroid dienone is 2. The van der Waals surface area contributed by atoms with Gasteiger partial charge in [-0.25, -0.2) is 0 Å². The Morgan fingerprint density at radius 2 is 1.78 bits per heavy atom. The Morgan fingerprint density at radius 3 is 2.49 bits per heavy atom. The van der Waals surface area contributed by atoms with Gasteiger partial charge in [0.15, 0.2) is 11.5 Å². The number of ketones is 1. The molecule has 1 heterocycles. The number of nitrogens with two attached hydrogens (primary N) is 1. The first-order valence-electron chi connectivity index (χ1n) is 14.2. The van der Waals surface area contributed by atoms with Crippen LogP contribution in [0.2, 0.25) is 0 Å². The highest BCUT2D eigenvalue weighted by molar-refractivity contribution is 5.96. The van der Waals surface area contributed by atoms with Gasteiger partial charge in [-0.1, -0.05) is 45.3 Å². The third-order valence-corrected chi connectivity index (χ3v) is 12.7. The van der Waals surface area contributed by atoms with Gasteiger partial charge in [-0.15, -0.1) is 0 Å². The van der Waals surface area contributed by atoms with Crippen molar-refractivity contribution in [3.8, 4) is 0 Å². The lowest BCUT2D eigenvalue weighted by Gasteiger charge is -2.69. The predicted octanol–water partition coefficient (Wildman–Crippen LogP) is 5.74. The first kappa shape index (κ1) is 25.3. The van der Waals surface area contributed by atoms with E-state index < -0.39 is 11.0 Å². The van der Waals surface area contributed by atoms with Crippen LogP contribution in [0.1, 0.15) is 97.8 Å². The molecule has 37 heavy (non-hydrogen) atoms. The number of rotatable bonds is 1. The number of carbonyl (C=O) groups is 2. The SMILES string of the molecule is COC(=O)[C@]12CCC(C)(C)C[C@H]1[C@H]1C(=O)C=C3[C@@]4(C)Cc5cnoc5[C@@](C)(N)[C@@H]4CC[C@@]3(C)[C@]1(C)CC2. The molecule has 1 aromatic rings. The number of carbonyl (C=O) groups excluding carboxylic acids is 2. The molecule has 0 radical (unpaired) electrons. The molecule has 5 aliphatic carbocycles. The highest BCUT2D eigenvalue weighted by Crippen LogP contribution is 2.74. The van der Waals surface area contributed by atoms with Crippen molar-refractivity contribution >= 4 is 11.8 Å². The highest BCUT2D eigenvalue weighted by atomic mass is 16.5. The first-order chi connectivity index (χ1) is 17.2. The second-order valence-corrected chi connectivity index (χ2v) is 15.0. The average Bonchev–Trinajstić information content (AvgIpc) is 3.28. The maximum atomic E-state index is 14.4. The quantitative estimate of drug-likeness (QED) is 0.486. The zero-order chi connectivity index (χ0) is 26.8. The van der Waals surface area contributed by atoms with Crippen LogP contribution in [-0.4, -0.2) is 24.0 Å². The van der Waals surface area contributed by atoms with Crippen LogP contribution in [0.5, 0.6) is 0 Å². The largest absolute Gasteiger partial charge is 0.469 e. The standard InChI is InChI=1S/C31H44N2O4/c1-26(2)10-12-31(25(35)36-7)13-11-29(5)23(19(31)16-26)20(34)14-22-27(3)15-18-17-33-37-24(18)30(6,32)21(27)8-9-28(22,29)4/h14,17,19,21,23H,8-13,15-16,32H2,1-7H3/t19-,21+,23-,27-,28+,29+,30-,31-/m0/s1. The fourth-order valence-corrected chi connectivity index (χ4v) is 10.6. The van der Waals surface area contributed by atoms with Crippen LogP contribution in [0.15, 0.2) is 22.4 Å². The van der Waals surface area contributed by atoms with E-state index in [0.717, 1.165) is 62.7 Å². The summed E-state index contributed by atoms with van der Waals surface area (Å²) in [6, 6.07) is 0. The third-order valence-electron chi connectivity index (χ3n) is 12.7. The van der Waals surface area contributed by atoms with E-state index in [1.54, 1.807) is 0 Å². The summed E-state index contributed by atoms with van der Waals surface area (Å²) in [7, 11) is 1.51. The molecule has 0 bridgehead atoms. The second kappa shape index (κ2) is 7.37. The molecular formula is C31H44N2O4. The lowest BCUT2D eigenvalue weighted by Crippen LogP contribution is -2.67. The fourth-order valence-electron chi connectivity index (χ4n) is 10.6. The van der Waals surface area contributed by atoms with Gasteiger partial charge >= 0.3 is 5.97 Å². The van der Waals surface area contributed by atoms with Gasteiger partial charge in [0.25, 0.3) is 0 Å². The Kier molecular flexibility index (Phi) is 5.04. The molecule has 0 aliphatic heterocycles. The lowest BCUT2D eigenvalue weighted by atomic mass is 9.34. The molecular weight excluding hydrogens is 464 g/mol. The second-order valence-electron chi connectivity index (χ2n) is 15.0. The molecule has 0 amide bonds. The number of hydrogen-bond acceptors (Lipinski definition) is 6. The summed E-state index contributed by atoms with van der Waals surface area (Å²) in [6.45, 7) is 13.8. The summed E-state index contributed by atoms with van der Waals surface area (Å²) < 4.78 is 11.1. The molecule has 1 aromatic heterocycles. The average molecular weight is 509 g/mol. The van der Waals surface area contributed by atoms with Crippen LogP contribution in [0, 0.1) is 44.8 Å². The van der Waals surface area contributed by atoms with Crippen LogP contribution < -0.4 is 5.73 Å². The minimum atomic E-state index is -0.637. The van der Waals surface area contributed by atoms with Gasteiger partial charge in [0.05, 0.1) is 24.3 Å². The van der Waals surface area contributed by atoms with E-state index in [9.17, 15) is 9.59 Å². The zero-order valence-electron chi connectivity index (χ0n) is 23.7. The van der Waals surface area contributed by atoms with Crippen molar-refractivity contribution in [2.75, 3.05) is 7.11 Å². The molecule has 0 spiro atoms. The molecule has 0 saturated heterocycles. The maximum Gasteiger partial charge on any atom is 0.312 e. The fraction of sp³-hybridized carbons (Fsp3) is 0.774. The summed E-state index contributed by atoms with van der Waals surface area (Å²) in [4.78, 5) is 27.8. The number of methoxy groups -OCH3 is 1. The van der Waals surface area contributed by atoms with Gasteiger partial charge < -0.3 is 15.0 Å². The van der Waals surface area contributed by atoms with E-state index in [1.165, 1.54) is 12.7 Å². The van der Waals surface area contributed by atoms with Crippen molar-refractivity contribution in [3.63, 3.8) is 0 Å². The summed E-state index contributed by atoms with van der Waals surface area (Å²) in [6.07, 6.45) is 10.9. The van der Waals surface area contributed by atoms with E-state index >= 15 is 0 Å². The lowest BCUT2D eigenvalue weighted by molar-refractivity contribution is -0.191. The van der Waals surface area contributed by atoms with Crippen LogP contribution >= 0.6 is 0 Å². The summed E-state index contributed by atoms with van der Waals surface area (Å²) >= 11 is 0. The van der Waals surface area contributed by atoms with Crippen LogP contribution in [0.4, 0.5) is 0 Å². The smallest absolute Gasteiger partial charge is 0.312 e. The van der Waals surface area contributed by atoms with Crippen molar-refractivity contribution in [2.24, 2.45) is 50.6 Å². The molecule has 0 aromatic carbocycles. The minimum Gasteiger partial charge on any atom is -0.469 e. The van der Waals surface area contributed by atoms with E-state index in [0.29, 0.717) is 0 Å². The Morgan fingerprint density at radius 1 is 1.08 bits per heavy atom. The molecule has 6 heteroatoms. The van der Waals surface area contributed by atoms with Crippen LogP contribution in [-0.2, 0) is 26.3 Å². The highest BCUT2D eigenvalue weighted by Gasteiger charge is 2.71. The summed E-state index contributed by atoms with van der Waals surface area (Å²) in [5.74, 6) is 0.903. The van der Waals surface area contributed by atoms with Gasteiger partial charge in [0.2, 0.25) is 0 Å². The van der Waals surface area contributed by atoms with Gasteiger partial charge in [0, 0.05) is 11.5 Å². The number of aromatic nitrogens is 1. The van der Waals surface area contributed by atoms with Gasteiger partial charge in [-0.3, -0.25) is 9.59 Å². The molecule has 2 N–H and O–H groups in total. The minimum absolute atomic E-state index is 0.00547. The van der Waals surface area contributed by atoms with Gasteiger partial charge in [0.1, 0.15) is 0 Å². The van der Waals surface area contributed by atoms with Crippen molar-refractivity contribution in [3.05, 3.63) is 29.2 Å². The molecule has 5 aliphatic rings. The van der Waals surface area contributed by atoms with E-state index in [1.807, 2.05) is 12.3 Å². The van der Waals surface area contributed by atoms with Crippen molar-refractivity contribution in [1.29, 1.82) is 0 Å². The molecule has 3 fully saturated rings. The molecule has 6 nitrogen and oxygen atoms in total. The Bertz CT molecular complexity index is 1210. The Labute approximate surface area is 221 Å². The predicted molar refractivity (Wildman–Crippen MR) is 140 cm³/mol. The van der Waals surface area contributed by atoms with Crippen molar-refractivity contribution < 1.29 is 18.8 Å². The molecule has 0 unspecified atom stereocenters. The monoisotopic (exact) mass is 508 g/mol. The maximum absolute atomic E-state index is 14.4. The van der Waals surface area contributed by atoms with E-state index in [2.05, 4.69) is 46.7 Å².